The van der Waals surface area contributed by atoms with Gasteiger partial charge in [0.25, 0.3) is 0 Å². The van der Waals surface area contributed by atoms with E-state index in [-0.39, 0.29) is 12.5 Å². The van der Waals surface area contributed by atoms with Crippen LogP contribution in [-0.2, 0) is 4.79 Å². The van der Waals surface area contributed by atoms with Gasteiger partial charge < -0.3 is 29.7 Å². The number of carbonyl (C=O) groups excluding carboxylic acids is 2. The van der Waals surface area contributed by atoms with Gasteiger partial charge in [-0.2, -0.15) is 0 Å². The van der Waals surface area contributed by atoms with Gasteiger partial charge in [-0.05, 0) is 50.5 Å². The van der Waals surface area contributed by atoms with Crippen LogP contribution in [0.4, 0.5) is 21.9 Å². The Hall–Kier alpha value is -3.42. The second-order valence-electron chi connectivity index (χ2n) is 9.14. The largest absolute Gasteiger partial charge is 0.493 e. The summed E-state index contributed by atoms with van der Waals surface area (Å²) in [6.07, 6.45) is 0.884. The molecule has 0 fully saturated rings. The Balaban J connectivity index is 1.78. The Labute approximate surface area is 195 Å². The average molecular weight is 456 g/mol. The molecule has 0 saturated carbocycles. The van der Waals surface area contributed by atoms with Crippen LogP contribution in [0.1, 0.15) is 34.1 Å². The maximum absolute atomic E-state index is 13.2. The van der Waals surface area contributed by atoms with E-state index in [1.165, 1.54) is 7.11 Å². The number of nitrogens with one attached hydrogen (secondary N) is 2. The molecular weight excluding hydrogens is 422 g/mol. The zero-order chi connectivity index (χ0) is 24.2. The second kappa shape index (κ2) is 10.0. The van der Waals surface area contributed by atoms with Crippen LogP contribution in [0.15, 0.2) is 36.4 Å². The summed E-state index contributed by atoms with van der Waals surface area (Å²) in [6.45, 7) is 8.92. The van der Waals surface area contributed by atoms with Crippen molar-refractivity contribution in [3.8, 4) is 17.2 Å². The van der Waals surface area contributed by atoms with Gasteiger partial charge in [0.1, 0.15) is 12.4 Å². The lowest BCUT2D eigenvalue weighted by Gasteiger charge is -2.28. The number of benzene rings is 2. The zero-order valence-corrected chi connectivity index (χ0v) is 20.2. The van der Waals surface area contributed by atoms with E-state index in [9.17, 15) is 9.59 Å². The predicted octanol–water partition coefficient (Wildman–Crippen LogP) is 5.15. The van der Waals surface area contributed by atoms with Crippen molar-refractivity contribution in [1.82, 2.24) is 0 Å². The van der Waals surface area contributed by atoms with Crippen LogP contribution in [-0.4, -0.2) is 39.3 Å². The normalized spacial score (nSPS) is 14.8. The van der Waals surface area contributed by atoms with Crippen molar-refractivity contribution in [2.24, 2.45) is 11.3 Å². The van der Waals surface area contributed by atoms with Crippen LogP contribution in [0.3, 0.4) is 0 Å². The third-order valence-corrected chi connectivity index (χ3v) is 5.49. The molecule has 1 heterocycles. The minimum atomic E-state index is -0.644. The highest BCUT2D eigenvalue weighted by molar-refractivity contribution is 6.02. The third kappa shape index (κ3) is 5.69. The first-order chi connectivity index (χ1) is 15.6. The molecule has 1 aliphatic rings. The number of nitrogens with zero attached hydrogens (tertiary/aromatic N) is 1. The van der Waals surface area contributed by atoms with Crippen molar-refractivity contribution >= 4 is 29.0 Å². The van der Waals surface area contributed by atoms with Crippen LogP contribution < -0.4 is 29.7 Å². The number of urea groups is 1. The molecule has 2 N–H and O–H groups in total. The Kier molecular flexibility index (Phi) is 7.36. The van der Waals surface area contributed by atoms with Gasteiger partial charge in [-0.25, -0.2) is 4.79 Å². The van der Waals surface area contributed by atoms with Crippen LogP contribution in [0.25, 0.3) is 0 Å². The molecule has 8 nitrogen and oxygen atoms in total. The van der Waals surface area contributed by atoms with Gasteiger partial charge in [0.15, 0.2) is 11.5 Å². The first-order valence-electron chi connectivity index (χ1n) is 11.0. The van der Waals surface area contributed by atoms with Crippen molar-refractivity contribution in [3.63, 3.8) is 0 Å². The fraction of sp³-hybridized carbons (Fsp3) is 0.440. The van der Waals surface area contributed by atoms with E-state index in [1.807, 2.05) is 19.9 Å². The van der Waals surface area contributed by atoms with Crippen molar-refractivity contribution < 1.29 is 23.8 Å². The molecule has 2 aromatic rings. The van der Waals surface area contributed by atoms with Crippen molar-refractivity contribution in [1.29, 1.82) is 0 Å². The molecule has 0 unspecified atom stereocenters. The van der Waals surface area contributed by atoms with E-state index < -0.39 is 11.4 Å². The van der Waals surface area contributed by atoms with E-state index in [2.05, 4.69) is 24.5 Å². The number of anilines is 3. The molecule has 0 spiro atoms. The quantitative estimate of drug-likeness (QED) is 0.603. The minimum Gasteiger partial charge on any atom is -0.493 e. The highest BCUT2D eigenvalue weighted by Gasteiger charge is 2.37. The predicted molar refractivity (Wildman–Crippen MR) is 130 cm³/mol. The smallest absolute Gasteiger partial charge is 0.323 e. The molecule has 0 aliphatic carbocycles. The Morgan fingerprint density at radius 1 is 1.06 bits per heavy atom. The number of fused-ring (bicyclic) bond motifs is 1. The number of rotatable bonds is 7. The topological polar surface area (TPSA) is 89.1 Å². The first-order valence-corrected chi connectivity index (χ1v) is 11.0. The molecule has 33 heavy (non-hydrogen) atoms. The Bertz CT molecular complexity index is 1020. The van der Waals surface area contributed by atoms with Gasteiger partial charge in [0.2, 0.25) is 5.91 Å². The molecular formula is C25H33N3O5. The molecule has 178 valence electrons. The fourth-order valence-electron chi connectivity index (χ4n) is 3.54. The fourth-order valence-corrected chi connectivity index (χ4v) is 3.54. The summed E-state index contributed by atoms with van der Waals surface area (Å²) < 4.78 is 16.5. The maximum Gasteiger partial charge on any atom is 0.323 e. The molecule has 0 radical (unpaired) electrons. The van der Waals surface area contributed by atoms with E-state index in [0.29, 0.717) is 41.1 Å². The van der Waals surface area contributed by atoms with Gasteiger partial charge in [0, 0.05) is 30.1 Å². The van der Waals surface area contributed by atoms with Gasteiger partial charge in [-0.15, -0.1) is 0 Å². The summed E-state index contributed by atoms with van der Waals surface area (Å²) in [7, 11) is 3.09. The number of amides is 3. The number of carbonyl (C=O) groups is 2. The van der Waals surface area contributed by atoms with Crippen LogP contribution in [0.5, 0.6) is 17.2 Å². The number of ether oxygens (including phenoxy) is 3. The number of methoxy groups -OCH3 is 2. The summed E-state index contributed by atoms with van der Waals surface area (Å²) >= 11 is 0. The second-order valence-corrected chi connectivity index (χ2v) is 9.14. The summed E-state index contributed by atoms with van der Waals surface area (Å²) in [6, 6.07) is 10.0. The Morgan fingerprint density at radius 2 is 1.70 bits per heavy atom. The SMILES string of the molecule is COc1ccc(NC(=O)Nc2ccc3c(c2)OCC(C)(C)C(=O)N3CCC(C)C)cc1OC. The molecule has 3 rings (SSSR count). The first kappa shape index (κ1) is 24.2. The lowest BCUT2D eigenvalue weighted by atomic mass is 9.92. The van der Waals surface area contributed by atoms with Gasteiger partial charge >= 0.3 is 6.03 Å². The van der Waals surface area contributed by atoms with Gasteiger partial charge in [0.05, 0.1) is 25.3 Å². The molecule has 0 saturated heterocycles. The van der Waals surface area contributed by atoms with Crippen LogP contribution >= 0.6 is 0 Å². The molecule has 0 atom stereocenters. The van der Waals surface area contributed by atoms with E-state index in [4.69, 9.17) is 14.2 Å². The molecule has 2 aromatic carbocycles. The molecule has 3 amide bonds. The van der Waals surface area contributed by atoms with E-state index in [1.54, 1.807) is 42.3 Å². The van der Waals surface area contributed by atoms with E-state index >= 15 is 0 Å². The Morgan fingerprint density at radius 3 is 2.33 bits per heavy atom. The third-order valence-electron chi connectivity index (χ3n) is 5.49. The molecule has 1 aliphatic heterocycles. The van der Waals surface area contributed by atoms with Crippen molar-refractivity contribution in [3.05, 3.63) is 36.4 Å². The number of hydrogen-bond acceptors (Lipinski definition) is 5. The zero-order valence-electron chi connectivity index (χ0n) is 20.2. The molecule has 8 heteroatoms. The summed E-state index contributed by atoms with van der Waals surface area (Å²) in [5, 5.41) is 5.60. The van der Waals surface area contributed by atoms with Crippen LogP contribution in [0, 0.1) is 11.3 Å². The highest BCUT2D eigenvalue weighted by Crippen LogP contribution is 2.38. The summed E-state index contributed by atoms with van der Waals surface area (Å²) in [5.74, 6) is 2.17. The monoisotopic (exact) mass is 455 g/mol. The lowest BCUT2D eigenvalue weighted by Crippen LogP contribution is -2.42. The van der Waals surface area contributed by atoms with Crippen molar-refractivity contribution in [2.45, 2.75) is 34.1 Å². The summed E-state index contributed by atoms with van der Waals surface area (Å²) in [5.41, 5.74) is 1.19. The number of hydrogen-bond donors (Lipinski definition) is 2. The summed E-state index contributed by atoms with van der Waals surface area (Å²) in [4.78, 5) is 27.5. The van der Waals surface area contributed by atoms with E-state index in [0.717, 1.165) is 12.1 Å². The molecule has 0 bridgehead atoms. The minimum absolute atomic E-state index is 0.0359. The van der Waals surface area contributed by atoms with Gasteiger partial charge in [-0.1, -0.05) is 13.8 Å². The standard InChI is InChI=1S/C25H33N3O5/c1-16(2)11-12-28-19-9-7-17(13-21(19)33-15-25(3,4)23(28)29)26-24(30)27-18-8-10-20(31-5)22(14-18)32-6/h7-10,13-14,16H,11-12,15H2,1-6H3,(H2,26,27,30). The lowest BCUT2D eigenvalue weighted by molar-refractivity contribution is -0.127. The maximum atomic E-state index is 13.2. The van der Waals surface area contributed by atoms with Crippen molar-refractivity contribution in [2.75, 3.05) is 42.9 Å². The highest BCUT2D eigenvalue weighted by atomic mass is 16.5. The molecule has 0 aromatic heterocycles. The average Bonchev–Trinajstić information content (AvgIpc) is 2.86. The van der Waals surface area contributed by atoms with Crippen LogP contribution in [0.2, 0.25) is 0 Å². The van der Waals surface area contributed by atoms with Gasteiger partial charge in [-0.3, -0.25) is 4.79 Å².